The summed E-state index contributed by atoms with van der Waals surface area (Å²) in [5.74, 6) is 0. The molecule has 1 atom stereocenters. The molecule has 0 saturated carbocycles. The molecule has 0 spiro atoms. The van der Waals surface area contributed by atoms with Gasteiger partial charge in [0, 0.05) is 23.9 Å². The van der Waals surface area contributed by atoms with Gasteiger partial charge >= 0.3 is 0 Å². The minimum atomic E-state index is 0.0794. The summed E-state index contributed by atoms with van der Waals surface area (Å²) in [5.41, 5.74) is 6.85. The molecule has 0 bridgehead atoms. The number of nitrogens with zero attached hydrogens (tertiary/aromatic N) is 1. The fraction of sp³-hybridized carbons (Fsp3) is 0.545. The molecule has 2 N–H and O–H groups in total. The number of aromatic nitrogens is 1. The van der Waals surface area contributed by atoms with Gasteiger partial charge in [-0.15, -0.1) is 0 Å². The van der Waals surface area contributed by atoms with E-state index in [9.17, 15) is 0 Å². The lowest BCUT2D eigenvalue weighted by molar-refractivity contribution is 0.174. The molecule has 1 aromatic rings. The smallest absolute Gasteiger partial charge is 0.0579 e. The van der Waals surface area contributed by atoms with Crippen molar-refractivity contribution in [2.24, 2.45) is 5.73 Å². The summed E-state index contributed by atoms with van der Waals surface area (Å²) < 4.78 is 5.47. The highest BCUT2D eigenvalue weighted by atomic mass is 16.5. The maximum Gasteiger partial charge on any atom is 0.0579 e. The second-order valence-electron chi connectivity index (χ2n) is 3.84. The summed E-state index contributed by atoms with van der Waals surface area (Å²) in [6.45, 7) is 2.29. The maximum absolute atomic E-state index is 5.65. The van der Waals surface area contributed by atoms with Crippen LogP contribution in [0, 0.1) is 0 Å². The standard InChI is InChI=1S/C11H16N2O/c12-6-4-11(5-8-14-9-11)10-3-1-2-7-13-10/h1-3,7H,4-6,8-9,12H2. The quantitative estimate of drug-likeness (QED) is 0.779. The van der Waals surface area contributed by atoms with E-state index in [1.807, 2.05) is 18.3 Å². The van der Waals surface area contributed by atoms with E-state index in [2.05, 4.69) is 11.1 Å². The molecule has 3 nitrogen and oxygen atoms in total. The Labute approximate surface area is 84.3 Å². The van der Waals surface area contributed by atoms with Crippen LogP contribution in [-0.2, 0) is 10.2 Å². The first kappa shape index (κ1) is 9.62. The Morgan fingerprint density at radius 2 is 2.43 bits per heavy atom. The number of pyridine rings is 1. The molecule has 0 aromatic carbocycles. The lowest BCUT2D eigenvalue weighted by Crippen LogP contribution is -2.30. The van der Waals surface area contributed by atoms with E-state index in [1.165, 1.54) is 0 Å². The molecule has 1 saturated heterocycles. The minimum Gasteiger partial charge on any atom is -0.380 e. The Balaban J connectivity index is 2.27. The van der Waals surface area contributed by atoms with Crippen molar-refractivity contribution in [3.63, 3.8) is 0 Å². The third-order valence-electron chi connectivity index (χ3n) is 2.93. The van der Waals surface area contributed by atoms with Crippen molar-refractivity contribution < 1.29 is 4.74 Å². The predicted molar refractivity (Wildman–Crippen MR) is 55.0 cm³/mol. The monoisotopic (exact) mass is 192 g/mol. The van der Waals surface area contributed by atoms with Gasteiger partial charge in [-0.1, -0.05) is 6.07 Å². The average Bonchev–Trinajstić information content (AvgIpc) is 2.70. The topological polar surface area (TPSA) is 48.1 Å². The molecule has 1 aliphatic rings. The fourth-order valence-corrected chi connectivity index (χ4v) is 2.09. The van der Waals surface area contributed by atoms with Crippen LogP contribution in [0.15, 0.2) is 24.4 Å². The van der Waals surface area contributed by atoms with Crippen molar-refractivity contribution in [2.75, 3.05) is 19.8 Å². The van der Waals surface area contributed by atoms with Crippen molar-refractivity contribution in [1.82, 2.24) is 4.98 Å². The summed E-state index contributed by atoms with van der Waals surface area (Å²) in [4.78, 5) is 4.42. The highest BCUT2D eigenvalue weighted by Crippen LogP contribution is 2.34. The van der Waals surface area contributed by atoms with E-state index < -0.39 is 0 Å². The number of hydrogen-bond donors (Lipinski definition) is 1. The van der Waals surface area contributed by atoms with Crippen LogP contribution in [0.5, 0.6) is 0 Å². The van der Waals surface area contributed by atoms with Crippen LogP contribution in [0.4, 0.5) is 0 Å². The van der Waals surface area contributed by atoms with E-state index >= 15 is 0 Å². The summed E-state index contributed by atoms with van der Waals surface area (Å²) in [6.07, 6.45) is 3.84. The summed E-state index contributed by atoms with van der Waals surface area (Å²) in [5, 5.41) is 0. The summed E-state index contributed by atoms with van der Waals surface area (Å²) in [7, 11) is 0. The molecule has 14 heavy (non-hydrogen) atoms. The van der Waals surface area contributed by atoms with Gasteiger partial charge < -0.3 is 10.5 Å². The molecule has 0 amide bonds. The molecule has 1 aliphatic heterocycles. The third kappa shape index (κ3) is 1.65. The molecule has 2 heterocycles. The Hall–Kier alpha value is -0.930. The first-order valence-electron chi connectivity index (χ1n) is 5.07. The van der Waals surface area contributed by atoms with Gasteiger partial charge in [0.15, 0.2) is 0 Å². The Kier molecular flexibility index (Phi) is 2.79. The van der Waals surface area contributed by atoms with E-state index in [0.29, 0.717) is 6.54 Å². The molecular weight excluding hydrogens is 176 g/mol. The number of nitrogens with two attached hydrogens (primary N) is 1. The van der Waals surface area contributed by atoms with Crippen LogP contribution in [0.25, 0.3) is 0 Å². The van der Waals surface area contributed by atoms with Gasteiger partial charge in [0.05, 0.1) is 6.61 Å². The maximum atomic E-state index is 5.65. The van der Waals surface area contributed by atoms with E-state index in [0.717, 1.165) is 31.7 Å². The zero-order valence-electron chi connectivity index (χ0n) is 8.28. The van der Waals surface area contributed by atoms with Gasteiger partial charge in [-0.2, -0.15) is 0 Å². The van der Waals surface area contributed by atoms with Gasteiger partial charge in [-0.05, 0) is 31.5 Å². The molecule has 0 radical (unpaired) electrons. The molecule has 2 rings (SSSR count). The highest BCUT2D eigenvalue weighted by Gasteiger charge is 2.36. The fourth-order valence-electron chi connectivity index (χ4n) is 2.09. The van der Waals surface area contributed by atoms with E-state index in [-0.39, 0.29) is 5.41 Å². The molecule has 0 aliphatic carbocycles. The second kappa shape index (κ2) is 4.07. The summed E-state index contributed by atoms with van der Waals surface area (Å²) >= 11 is 0. The third-order valence-corrected chi connectivity index (χ3v) is 2.93. The highest BCUT2D eigenvalue weighted by molar-refractivity contribution is 5.18. The van der Waals surface area contributed by atoms with Gasteiger partial charge in [0.2, 0.25) is 0 Å². The van der Waals surface area contributed by atoms with Crippen LogP contribution in [0.1, 0.15) is 18.5 Å². The molecule has 1 aromatic heterocycles. The van der Waals surface area contributed by atoms with Crippen LogP contribution in [-0.4, -0.2) is 24.7 Å². The van der Waals surface area contributed by atoms with Crippen LogP contribution in [0.2, 0.25) is 0 Å². The largest absolute Gasteiger partial charge is 0.380 e. The first-order valence-corrected chi connectivity index (χ1v) is 5.07. The molecule has 1 unspecified atom stereocenters. The number of ether oxygens (including phenoxy) is 1. The van der Waals surface area contributed by atoms with E-state index in [1.54, 1.807) is 0 Å². The zero-order valence-corrected chi connectivity index (χ0v) is 8.28. The lowest BCUT2D eigenvalue weighted by atomic mass is 9.80. The molecular formula is C11H16N2O. The molecule has 3 heteroatoms. The van der Waals surface area contributed by atoms with Crippen LogP contribution < -0.4 is 5.73 Å². The van der Waals surface area contributed by atoms with Crippen molar-refractivity contribution in [2.45, 2.75) is 18.3 Å². The Bertz CT molecular complexity index is 281. The average molecular weight is 192 g/mol. The second-order valence-corrected chi connectivity index (χ2v) is 3.84. The van der Waals surface area contributed by atoms with Crippen LogP contribution in [0.3, 0.4) is 0 Å². The predicted octanol–water partition coefficient (Wildman–Crippen LogP) is 1.09. The van der Waals surface area contributed by atoms with Crippen molar-refractivity contribution in [3.05, 3.63) is 30.1 Å². The normalized spacial score (nSPS) is 26.6. The van der Waals surface area contributed by atoms with Crippen molar-refractivity contribution in [1.29, 1.82) is 0 Å². The van der Waals surface area contributed by atoms with Gasteiger partial charge in [0.25, 0.3) is 0 Å². The first-order chi connectivity index (χ1) is 6.87. The summed E-state index contributed by atoms with van der Waals surface area (Å²) in [6, 6.07) is 6.04. The Morgan fingerprint density at radius 1 is 1.50 bits per heavy atom. The Morgan fingerprint density at radius 3 is 3.00 bits per heavy atom. The van der Waals surface area contributed by atoms with Crippen molar-refractivity contribution >= 4 is 0 Å². The van der Waals surface area contributed by atoms with E-state index in [4.69, 9.17) is 10.5 Å². The molecule has 1 fully saturated rings. The minimum absolute atomic E-state index is 0.0794. The van der Waals surface area contributed by atoms with Gasteiger partial charge in [0.1, 0.15) is 0 Å². The zero-order chi connectivity index (χ0) is 9.86. The SMILES string of the molecule is NCCC1(c2ccccn2)CCOC1. The van der Waals surface area contributed by atoms with Gasteiger partial charge in [-0.3, -0.25) is 4.98 Å². The van der Waals surface area contributed by atoms with Crippen molar-refractivity contribution in [3.8, 4) is 0 Å². The number of hydrogen-bond acceptors (Lipinski definition) is 3. The van der Waals surface area contributed by atoms with Crippen LogP contribution >= 0.6 is 0 Å². The number of rotatable bonds is 3. The van der Waals surface area contributed by atoms with Gasteiger partial charge in [-0.25, -0.2) is 0 Å². The molecule has 76 valence electrons. The lowest BCUT2D eigenvalue weighted by Gasteiger charge is -2.25.